The number of hydrogen-bond acceptors (Lipinski definition) is 7. The van der Waals surface area contributed by atoms with Crippen LogP contribution in [0.3, 0.4) is 0 Å². The first-order valence-corrected chi connectivity index (χ1v) is 5.92. The van der Waals surface area contributed by atoms with Crippen LogP contribution in [0.2, 0.25) is 0 Å². The van der Waals surface area contributed by atoms with E-state index < -0.39 is 24.1 Å². The van der Waals surface area contributed by atoms with Crippen LogP contribution >= 0.6 is 0 Å². The number of methoxy groups -OCH3 is 1. The van der Waals surface area contributed by atoms with Gasteiger partial charge in [0.2, 0.25) is 0 Å². The number of ether oxygens (including phenoxy) is 2. The predicted molar refractivity (Wildman–Crippen MR) is 69.8 cm³/mol. The Kier molecular flexibility index (Phi) is 5.48. The average molecular weight is 283 g/mol. The maximum absolute atomic E-state index is 11.6. The Bertz CT molecular complexity index is 502. The van der Waals surface area contributed by atoms with E-state index >= 15 is 0 Å². The highest BCUT2D eigenvalue weighted by atomic mass is 16.5. The van der Waals surface area contributed by atoms with Crippen molar-refractivity contribution in [1.82, 2.24) is 0 Å². The number of nitrogens with two attached hydrogens (primary N) is 1. The standard InChI is InChI=1S/C13H17NO6/c1-3-20-12(17)7-4-5-9(14)8(6-7)10(15)11(16)13(18)19-2/h4-6,10-11,15-16H,3,14H2,1-2H3. The molecule has 0 heterocycles. The number of aliphatic hydroxyl groups excluding tert-OH is 2. The van der Waals surface area contributed by atoms with Crippen molar-refractivity contribution in [3.63, 3.8) is 0 Å². The summed E-state index contributed by atoms with van der Waals surface area (Å²) in [5.41, 5.74) is 6.01. The number of benzene rings is 1. The number of hydrogen-bond donors (Lipinski definition) is 3. The maximum Gasteiger partial charge on any atom is 0.338 e. The van der Waals surface area contributed by atoms with Gasteiger partial charge in [-0.25, -0.2) is 9.59 Å². The zero-order chi connectivity index (χ0) is 15.3. The number of carbonyl (C=O) groups excluding carboxylic acids is 2. The van der Waals surface area contributed by atoms with Gasteiger partial charge in [-0.15, -0.1) is 0 Å². The minimum absolute atomic E-state index is 0.0495. The van der Waals surface area contributed by atoms with Gasteiger partial charge in [0.1, 0.15) is 6.10 Å². The van der Waals surface area contributed by atoms with Crippen LogP contribution in [-0.2, 0) is 14.3 Å². The molecule has 110 valence electrons. The molecule has 2 atom stereocenters. The fourth-order valence-corrected chi connectivity index (χ4v) is 1.59. The molecule has 0 aliphatic carbocycles. The monoisotopic (exact) mass is 283 g/mol. The summed E-state index contributed by atoms with van der Waals surface area (Å²) in [6.45, 7) is 1.86. The Hall–Kier alpha value is -2.12. The minimum atomic E-state index is -1.79. The van der Waals surface area contributed by atoms with Crippen LogP contribution in [0.4, 0.5) is 5.69 Å². The Morgan fingerprint density at radius 3 is 2.55 bits per heavy atom. The van der Waals surface area contributed by atoms with Gasteiger partial charge in [0, 0.05) is 11.3 Å². The molecule has 1 aromatic rings. The first-order valence-electron chi connectivity index (χ1n) is 5.92. The first kappa shape index (κ1) is 15.9. The van der Waals surface area contributed by atoms with E-state index in [4.69, 9.17) is 10.5 Å². The molecule has 0 aliphatic rings. The number of nitrogen functional groups attached to an aromatic ring is 1. The van der Waals surface area contributed by atoms with Crippen LogP contribution in [0.1, 0.15) is 28.9 Å². The molecule has 7 nitrogen and oxygen atoms in total. The number of rotatable bonds is 5. The van der Waals surface area contributed by atoms with E-state index in [0.717, 1.165) is 7.11 Å². The Labute approximate surface area is 115 Å². The second kappa shape index (κ2) is 6.88. The van der Waals surface area contributed by atoms with Crippen LogP contribution in [0, 0.1) is 0 Å². The number of carbonyl (C=O) groups is 2. The lowest BCUT2D eigenvalue weighted by atomic mass is 10.00. The fraction of sp³-hybridized carbons (Fsp3) is 0.385. The lowest BCUT2D eigenvalue weighted by molar-refractivity contribution is -0.156. The molecule has 0 aromatic heterocycles. The summed E-state index contributed by atoms with van der Waals surface area (Å²) < 4.78 is 9.15. The third-order valence-corrected chi connectivity index (χ3v) is 2.66. The molecular formula is C13H17NO6. The Balaban J connectivity index is 3.07. The summed E-state index contributed by atoms with van der Waals surface area (Å²) in [5.74, 6) is -1.59. The van der Waals surface area contributed by atoms with Crippen molar-refractivity contribution in [3.05, 3.63) is 29.3 Å². The molecule has 0 bridgehead atoms. The van der Waals surface area contributed by atoms with Crippen LogP contribution in [0.25, 0.3) is 0 Å². The van der Waals surface area contributed by atoms with Gasteiger partial charge in [-0.1, -0.05) is 0 Å². The van der Waals surface area contributed by atoms with Crippen molar-refractivity contribution < 1.29 is 29.3 Å². The number of anilines is 1. The van der Waals surface area contributed by atoms with Gasteiger partial charge < -0.3 is 25.4 Å². The Morgan fingerprint density at radius 1 is 1.35 bits per heavy atom. The highest BCUT2D eigenvalue weighted by Gasteiger charge is 2.28. The molecule has 0 spiro atoms. The molecule has 0 fully saturated rings. The zero-order valence-electron chi connectivity index (χ0n) is 11.2. The average Bonchev–Trinajstić information content (AvgIpc) is 2.45. The van der Waals surface area contributed by atoms with Gasteiger partial charge in [0.05, 0.1) is 19.3 Å². The summed E-state index contributed by atoms with van der Waals surface area (Å²) in [7, 11) is 1.08. The summed E-state index contributed by atoms with van der Waals surface area (Å²) in [6.07, 6.45) is -3.39. The van der Waals surface area contributed by atoms with Gasteiger partial charge in [-0.05, 0) is 25.1 Å². The lowest BCUT2D eigenvalue weighted by Crippen LogP contribution is -2.29. The van der Waals surface area contributed by atoms with E-state index in [1.54, 1.807) is 6.92 Å². The number of esters is 2. The predicted octanol–water partition coefficient (Wildman–Crippen LogP) is 0.0128. The SMILES string of the molecule is CCOC(=O)c1ccc(N)c(C(O)C(O)C(=O)OC)c1. The third kappa shape index (κ3) is 3.46. The molecule has 0 aliphatic heterocycles. The van der Waals surface area contributed by atoms with E-state index in [-0.39, 0.29) is 23.4 Å². The van der Waals surface area contributed by atoms with E-state index in [9.17, 15) is 19.8 Å². The molecular weight excluding hydrogens is 266 g/mol. The lowest BCUT2D eigenvalue weighted by Gasteiger charge is -2.18. The molecule has 4 N–H and O–H groups in total. The molecule has 0 amide bonds. The van der Waals surface area contributed by atoms with Crippen molar-refractivity contribution in [2.24, 2.45) is 0 Å². The zero-order valence-corrected chi connectivity index (χ0v) is 11.2. The van der Waals surface area contributed by atoms with Gasteiger partial charge in [0.15, 0.2) is 6.10 Å². The van der Waals surface area contributed by atoms with Crippen molar-refractivity contribution >= 4 is 17.6 Å². The minimum Gasteiger partial charge on any atom is -0.467 e. The van der Waals surface area contributed by atoms with Gasteiger partial charge in [0.25, 0.3) is 0 Å². The molecule has 0 saturated carbocycles. The Morgan fingerprint density at radius 2 is 2.00 bits per heavy atom. The van der Waals surface area contributed by atoms with Crippen LogP contribution in [0.5, 0.6) is 0 Å². The van der Waals surface area contributed by atoms with Crippen molar-refractivity contribution in [2.45, 2.75) is 19.1 Å². The summed E-state index contributed by atoms with van der Waals surface area (Å²) >= 11 is 0. The molecule has 20 heavy (non-hydrogen) atoms. The molecule has 0 saturated heterocycles. The molecule has 0 radical (unpaired) electrons. The smallest absolute Gasteiger partial charge is 0.338 e. The van der Waals surface area contributed by atoms with Gasteiger partial charge >= 0.3 is 11.9 Å². The maximum atomic E-state index is 11.6. The van der Waals surface area contributed by atoms with E-state index in [1.165, 1.54) is 18.2 Å². The highest BCUT2D eigenvalue weighted by molar-refractivity contribution is 5.90. The topological polar surface area (TPSA) is 119 Å². The molecule has 1 aromatic carbocycles. The van der Waals surface area contributed by atoms with Crippen LogP contribution in [-0.4, -0.2) is 42.0 Å². The number of aliphatic hydroxyl groups is 2. The van der Waals surface area contributed by atoms with E-state index in [0.29, 0.717) is 0 Å². The summed E-state index contributed by atoms with van der Waals surface area (Å²) in [6, 6.07) is 4.08. The van der Waals surface area contributed by atoms with Crippen molar-refractivity contribution in [3.8, 4) is 0 Å². The quantitative estimate of drug-likeness (QED) is 0.514. The van der Waals surface area contributed by atoms with Gasteiger partial charge in [-0.3, -0.25) is 0 Å². The fourth-order valence-electron chi connectivity index (χ4n) is 1.59. The molecule has 2 unspecified atom stereocenters. The van der Waals surface area contributed by atoms with Crippen LogP contribution in [0.15, 0.2) is 18.2 Å². The van der Waals surface area contributed by atoms with Crippen molar-refractivity contribution in [1.29, 1.82) is 0 Å². The summed E-state index contributed by atoms with van der Waals surface area (Å²) in [4.78, 5) is 22.8. The van der Waals surface area contributed by atoms with E-state index in [2.05, 4.69) is 4.74 Å². The summed E-state index contributed by atoms with van der Waals surface area (Å²) in [5, 5.41) is 19.5. The first-order chi connectivity index (χ1) is 9.42. The molecule has 7 heteroatoms. The van der Waals surface area contributed by atoms with Gasteiger partial charge in [-0.2, -0.15) is 0 Å². The highest BCUT2D eigenvalue weighted by Crippen LogP contribution is 2.25. The van der Waals surface area contributed by atoms with Crippen molar-refractivity contribution in [2.75, 3.05) is 19.5 Å². The second-order valence-electron chi connectivity index (χ2n) is 3.98. The normalized spacial score (nSPS) is 13.4. The van der Waals surface area contributed by atoms with Crippen LogP contribution < -0.4 is 5.73 Å². The third-order valence-electron chi connectivity index (χ3n) is 2.66. The largest absolute Gasteiger partial charge is 0.467 e. The second-order valence-corrected chi connectivity index (χ2v) is 3.98. The molecule has 1 rings (SSSR count). The van der Waals surface area contributed by atoms with E-state index in [1.807, 2.05) is 0 Å².